The molecule has 2 amide bonds. The van der Waals surface area contributed by atoms with Gasteiger partial charge in [-0.05, 0) is 54.5 Å². The summed E-state index contributed by atoms with van der Waals surface area (Å²) >= 11 is 1.39. The minimum Gasteiger partial charge on any atom is -0.493 e. The minimum absolute atomic E-state index is 0.132. The van der Waals surface area contributed by atoms with Gasteiger partial charge in [0.1, 0.15) is 0 Å². The third-order valence-corrected chi connectivity index (χ3v) is 6.48. The Bertz CT molecular complexity index is 1240. The van der Waals surface area contributed by atoms with Gasteiger partial charge in [0.15, 0.2) is 11.5 Å². The summed E-state index contributed by atoms with van der Waals surface area (Å²) < 4.78 is 11.0. The van der Waals surface area contributed by atoms with Crippen LogP contribution in [0.4, 0.5) is 5.69 Å². The van der Waals surface area contributed by atoms with Crippen LogP contribution < -0.4 is 19.7 Å². The van der Waals surface area contributed by atoms with Crippen molar-refractivity contribution >= 4 is 35.3 Å². The highest BCUT2D eigenvalue weighted by molar-refractivity contribution is 8.04. The van der Waals surface area contributed by atoms with Crippen LogP contribution in [-0.2, 0) is 11.3 Å². The van der Waals surface area contributed by atoms with Crippen LogP contribution in [0.5, 0.6) is 11.5 Å². The molecule has 0 saturated carbocycles. The maximum Gasteiger partial charge on any atom is 0.264 e. The van der Waals surface area contributed by atoms with E-state index in [4.69, 9.17) is 9.47 Å². The lowest BCUT2D eigenvalue weighted by Gasteiger charge is -2.27. The Hall–Kier alpha value is -3.71. The van der Waals surface area contributed by atoms with Gasteiger partial charge in [-0.3, -0.25) is 9.59 Å². The SMILES string of the molecule is CCOc1ccc(/C=C2/Sc3ccc(C(=O)NCc4ccccc4)cc3N(C)C2=O)cc1OC. The minimum atomic E-state index is -0.180. The van der Waals surface area contributed by atoms with Gasteiger partial charge in [-0.15, -0.1) is 0 Å². The fourth-order valence-electron chi connectivity index (χ4n) is 3.62. The van der Waals surface area contributed by atoms with Crippen LogP contribution in [0, 0.1) is 0 Å². The summed E-state index contributed by atoms with van der Waals surface area (Å²) in [6, 6.07) is 20.7. The summed E-state index contributed by atoms with van der Waals surface area (Å²) in [5, 5.41) is 2.93. The van der Waals surface area contributed by atoms with Crippen LogP contribution in [0.15, 0.2) is 76.5 Å². The van der Waals surface area contributed by atoms with E-state index >= 15 is 0 Å². The third kappa shape index (κ3) is 5.10. The third-order valence-electron chi connectivity index (χ3n) is 5.40. The number of carbonyl (C=O) groups is 2. The van der Waals surface area contributed by atoms with E-state index in [1.54, 1.807) is 31.2 Å². The van der Waals surface area contributed by atoms with Crippen LogP contribution in [0.2, 0.25) is 0 Å². The highest BCUT2D eigenvalue weighted by Crippen LogP contribution is 2.42. The molecule has 4 rings (SSSR count). The van der Waals surface area contributed by atoms with E-state index in [1.165, 1.54) is 11.8 Å². The molecule has 3 aromatic carbocycles. The van der Waals surface area contributed by atoms with E-state index < -0.39 is 0 Å². The van der Waals surface area contributed by atoms with Crippen LogP contribution in [0.3, 0.4) is 0 Å². The predicted molar refractivity (Wildman–Crippen MR) is 135 cm³/mol. The molecule has 174 valence electrons. The molecule has 0 atom stereocenters. The largest absolute Gasteiger partial charge is 0.493 e. The van der Waals surface area contributed by atoms with Gasteiger partial charge < -0.3 is 19.7 Å². The predicted octanol–water partition coefficient (Wildman–Crippen LogP) is 5.13. The van der Waals surface area contributed by atoms with E-state index in [2.05, 4.69) is 5.32 Å². The monoisotopic (exact) mass is 474 g/mol. The van der Waals surface area contributed by atoms with E-state index in [0.717, 1.165) is 16.0 Å². The first-order valence-corrected chi connectivity index (χ1v) is 11.8. The Kier molecular flexibility index (Phi) is 7.23. The zero-order chi connectivity index (χ0) is 24.1. The average molecular weight is 475 g/mol. The highest BCUT2D eigenvalue weighted by Gasteiger charge is 2.27. The summed E-state index contributed by atoms with van der Waals surface area (Å²) in [5.41, 5.74) is 3.09. The molecule has 0 aliphatic carbocycles. The zero-order valence-corrected chi connectivity index (χ0v) is 20.1. The van der Waals surface area contributed by atoms with Gasteiger partial charge in [-0.1, -0.05) is 48.2 Å². The number of methoxy groups -OCH3 is 1. The first-order valence-electron chi connectivity index (χ1n) is 10.9. The number of nitrogens with one attached hydrogen (secondary N) is 1. The fraction of sp³-hybridized carbons (Fsp3) is 0.185. The smallest absolute Gasteiger partial charge is 0.264 e. The number of anilines is 1. The van der Waals surface area contributed by atoms with Crippen molar-refractivity contribution in [3.8, 4) is 11.5 Å². The molecule has 1 aliphatic heterocycles. The van der Waals surface area contributed by atoms with E-state index in [1.807, 2.05) is 67.6 Å². The summed E-state index contributed by atoms with van der Waals surface area (Å²) in [7, 11) is 3.31. The first-order chi connectivity index (χ1) is 16.5. The molecule has 0 spiro atoms. The van der Waals surface area contributed by atoms with E-state index in [0.29, 0.717) is 40.8 Å². The molecule has 0 fully saturated rings. The number of nitrogens with zero attached hydrogens (tertiary/aromatic N) is 1. The van der Waals surface area contributed by atoms with E-state index in [9.17, 15) is 9.59 Å². The number of likely N-dealkylation sites (N-methyl/N-ethyl adjacent to an activating group) is 1. The van der Waals surface area contributed by atoms with E-state index in [-0.39, 0.29) is 11.8 Å². The number of thioether (sulfide) groups is 1. The average Bonchev–Trinajstić information content (AvgIpc) is 2.87. The van der Waals surface area contributed by atoms with Gasteiger partial charge in [0, 0.05) is 24.1 Å². The number of amides is 2. The number of benzene rings is 3. The second kappa shape index (κ2) is 10.5. The Morgan fingerprint density at radius 3 is 2.59 bits per heavy atom. The molecular formula is C27H26N2O4S. The molecule has 7 heteroatoms. The molecule has 3 aromatic rings. The van der Waals surface area contributed by atoms with Crippen molar-refractivity contribution in [2.75, 3.05) is 25.7 Å². The van der Waals surface area contributed by atoms with Crippen molar-refractivity contribution in [2.45, 2.75) is 18.4 Å². The molecule has 1 aliphatic rings. The standard InChI is InChI=1S/C27H26N2O4S/c1-4-33-22-12-10-19(14-23(22)32-3)15-25-27(31)29(2)21-16-20(11-13-24(21)34-25)26(30)28-17-18-8-6-5-7-9-18/h5-16H,4,17H2,1-3H3,(H,28,30)/b25-15+. The van der Waals surface area contributed by atoms with Crippen molar-refractivity contribution < 1.29 is 19.1 Å². The van der Waals surface area contributed by atoms with Gasteiger partial charge in [0.2, 0.25) is 0 Å². The normalized spacial score (nSPS) is 14.0. The first kappa shape index (κ1) is 23.4. The lowest BCUT2D eigenvalue weighted by atomic mass is 10.1. The summed E-state index contributed by atoms with van der Waals surface area (Å²) in [6.45, 7) is 2.90. The van der Waals surface area contributed by atoms with Crippen LogP contribution in [0.1, 0.15) is 28.4 Å². The second-order valence-corrected chi connectivity index (χ2v) is 8.75. The molecule has 0 unspecified atom stereocenters. The van der Waals surface area contributed by atoms with Gasteiger partial charge in [0.25, 0.3) is 11.8 Å². The second-order valence-electron chi connectivity index (χ2n) is 7.67. The number of hydrogen-bond acceptors (Lipinski definition) is 5. The van der Waals surface area contributed by atoms with Crippen molar-refractivity contribution in [1.82, 2.24) is 5.32 Å². The maximum atomic E-state index is 13.1. The molecule has 1 N–H and O–H groups in total. The summed E-state index contributed by atoms with van der Waals surface area (Å²) in [4.78, 5) is 28.8. The quantitative estimate of drug-likeness (QED) is 0.481. The van der Waals surface area contributed by atoms with Gasteiger partial charge in [-0.25, -0.2) is 0 Å². The van der Waals surface area contributed by atoms with Crippen LogP contribution >= 0.6 is 11.8 Å². The van der Waals surface area contributed by atoms with Crippen molar-refractivity contribution in [2.24, 2.45) is 0 Å². The molecule has 6 nitrogen and oxygen atoms in total. The number of rotatable bonds is 7. The molecule has 0 saturated heterocycles. The lowest BCUT2D eigenvalue weighted by molar-refractivity contribution is -0.114. The number of hydrogen-bond donors (Lipinski definition) is 1. The molecule has 0 radical (unpaired) electrons. The Morgan fingerprint density at radius 1 is 1.06 bits per heavy atom. The highest BCUT2D eigenvalue weighted by atomic mass is 32.2. The molecular weight excluding hydrogens is 448 g/mol. The molecule has 0 bridgehead atoms. The van der Waals surface area contributed by atoms with Gasteiger partial charge in [0.05, 0.1) is 24.3 Å². The fourth-order valence-corrected chi connectivity index (χ4v) is 4.71. The molecule has 34 heavy (non-hydrogen) atoms. The number of carbonyl (C=O) groups excluding carboxylic acids is 2. The topological polar surface area (TPSA) is 67.9 Å². The van der Waals surface area contributed by atoms with Crippen molar-refractivity contribution in [3.63, 3.8) is 0 Å². The summed E-state index contributed by atoms with van der Waals surface area (Å²) in [5.74, 6) is 0.965. The zero-order valence-electron chi connectivity index (χ0n) is 19.3. The van der Waals surface area contributed by atoms with Crippen LogP contribution in [0.25, 0.3) is 6.08 Å². The van der Waals surface area contributed by atoms with Crippen molar-refractivity contribution in [3.05, 3.63) is 88.3 Å². The Morgan fingerprint density at radius 2 is 1.85 bits per heavy atom. The molecule has 0 aromatic heterocycles. The summed E-state index contributed by atoms with van der Waals surface area (Å²) in [6.07, 6.45) is 1.84. The van der Waals surface area contributed by atoms with Gasteiger partial charge in [-0.2, -0.15) is 0 Å². The van der Waals surface area contributed by atoms with Crippen molar-refractivity contribution in [1.29, 1.82) is 0 Å². The maximum absolute atomic E-state index is 13.1. The van der Waals surface area contributed by atoms with Crippen LogP contribution in [-0.4, -0.2) is 32.6 Å². The Balaban J connectivity index is 1.54. The van der Waals surface area contributed by atoms with Gasteiger partial charge >= 0.3 is 0 Å². The number of ether oxygens (including phenoxy) is 2. The lowest BCUT2D eigenvalue weighted by Crippen LogP contribution is -2.31. The molecule has 1 heterocycles. The number of fused-ring (bicyclic) bond motifs is 1. The Labute approximate surface area is 203 Å².